The fourth-order valence-electron chi connectivity index (χ4n) is 4.20. The fourth-order valence-corrected chi connectivity index (χ4v) is 5.75. The molecule has 2 saturated heterocycles. The van der Waals surface area contributed by atoms with Gasteiger partial charge in [-0.15, -0.1) is 0 Å². The first-order valence-electron chi connectivity index (χ1n) is 10.4. The first-order chi connectivity index (χ1) is 14.3. The Kier molecular flexibility index (Phi) is 4.61. The Morgan fingerprint density at radius 3 is 2.60 bits per heavy atom. The highest BCUT2D eigenvalue weighted by molar-refractivity contribution is 7.89. The number of sulfonamides is 1. The summed E-state index contributed by atoms with van der Waals surface area (Å²) in [7, 11) is -3.49. The Bertz CT molecular complexity index is 1190. The lowest BCUT2D eigenvalue weighted by atomic mass is 10.1. The summed E-state index contributed by atoms with van der Waals surface area (Å²) in [5.41, 5.74) is 6.44. The summed E-state index contributed by atoms with van der Waals surface area (Å²) in [6.07, 6.45) is 1.25. The molecule has 30 heavy (non-hydrogen) atoms. The molecule has 2 aliphatic rings. The Morgan fingerprint density at radius 2 is 1.93 bits per heavy atom. The van der Waals surface area contributed by atoms with Crippen molar-refractivity contribution in [2.24, 2.45) is 0 Å². The van der Waals surface area contributed by atoms with Crippen LogP contribution >= 0.6 is 0 Å². The third kappa shape index (κ3) is 3.19. The average molecular weight is 427 g/mol. The lowest BCUT2D eigenvalue weighted by Gasteiger charge is -2.30. The van der Waals surface area contributed by atoms with Crippen LogP contribution in [0.1, 0.15) is 24.1 Å². The van der Waals surface area contributed by atoms with Crippen LogP contribution in [0.5, 0.6) is 0 Å². The topological polar surface area (TPSA) is 89.5 Å². The maximum Gasteiger partial charge on any atom is 0.243 e. The second kappa shape index (κ2) is 7.08. The standard InChI is InChI=1S/C22H26N4O3S/c1-14-10-20-21(23-15(14)2)12-19(24-20)18-11-17(30(28,29)26-7-3-8-26)4-5-22(18)25-9-6-16(27)13-25/h4-5,10-12,16,24,27H,3,6-9,13H2,1-2H3/t16-/m0/s1. The third-order valence-corrected chi connectivity index (χ3v) is 8.16. The molecule has 158 valence electrons. The minimum absolute atomic E-state index is 0.305. The number of nitrogens with zero attached hydrogens (tertiary/aromatic N) is 3. The number of aromatic nitrogens is 2. The van der Waals surface area contributed by atoms with Crippen molar-refractivity contribution in [1.82, 2.24) is 14.3 Å². The average Bonchev–Trinajstić information content (AvgIpc) is 3.26. The van der Waals surface area contributed by atoms with Gasteiger partial charge in [0.2, 0.25) is 10.0 Å². The fraction of sp³-hybridized carbons (Fsp3) is 0.409. The zero-order chi connectivity index (χ0) is 21.0. The zero-order valence-corrected chi connectivity index (χ0v) is 18.0. The van der Waals surface area contributed by atoms with E-state index in [1.807, 2.05) is 26.0 Å². The number of benzene rings is 1. The quantitative estimate of drug-likeness (QED) is 0.670. The molecule has 0 saturated carbocycles. The van der Waals surface area contributed by atoms with Crippen LogP contribution in [0.2, 0.25) is 0 Å². The van der Waals surface area contributed by atoms with Gasteiger partial charge in [-0.05, 0) is 62.6 Å². The highest BCUT2D eigenvalue weighted by atomic mass is 32.2. The molecule has 7 nitrogen and oxygen atoms in total. The van der Waals surface area contributed by atoms with E-state index >= 15 is 0 Å². The van der Waals surface area contributed by atoms with Crippen LogP contribution in [0.25, 0.3) is 22.3 Å². The van der Waals surface area contributed by atoms with Crippen LogP contribution in [0.4, 0.5) is 5.69 Å². The first kappa shape index (κ1) is 19.5. The van der Waals surface area contributed by atoms with Gasteiger partial charge in [-0.2, -0.15) is 4.31 Å². The number of fused-ring (bicyclic) bond motifs is 1. The number of rotatable bonds is 4. The second-order valence-corrected chi connectivity index (χ2v) is 10.3. The van der Waals surface area contributed by atoms with Crippen molar-refractivity contribution >= 4 is 26.7 Å². The van der Waals surface area contributed by atoms with E-state index in [2.05, 4.69) is 20.9 Å². The molecule has 2 N–H and O–H groups in total. The number of aliphatic hydroxyl groups excluding tert-OH is 1. The Morgan fingerprint density at radius 1 is 1.13 bits per heavy atom. The van der Waals surface area contributed by atoms with E-state index in [1.54, 1.807) is 12.1 Å². The summed E-state index contributed by atoms with van der Waals surface area (Å²) in [5.74, 6) is 0. The molecule has 0 unspecified atom stereocenters. The van der Waals surface area contributed by atoms with E-state index in [4.69, 9.17) is 0 Å². The number of nitrogens with one attached hydrogen (secondary N) is 1. The molecular formula is C22H26N4O3S. The Labute approximate surface area is 176 Å². The molecule has 0 radical (unpaired) electrons. The second-order valence-electron chi connectivity index (χ2n) is 8.33. The third-order valence-electron chi connectivity index (χ3n) is 6.26. The summed E-state index contributed by atoms with van der Waals surface area (Å²) in [6.45, 7) is 6.45. The minimum atomic E-state index is -3.49. The molecule has 2 fully saturated rings. The molecule has 4 heterocycles. The molecule has 2 aromatic heterocycles. The van der Waals surface area contributed by atoms with E-state index in [-0.39, 0.29) is 6.10 Å². The number of hydrogen-bond donors (Lipinski definition) is 2. The Balaban J connectivity index is 1.66. The van der Waals surface area contributed by atoms with Gasteiger partial charge in [0.05, 0.1) is 27.7 Å². The number of β-amino-alcohol motifs (C(OH)–C–C–N with tert-alkyl or cyclic N) is 1. The Hall–Kier alpha value is -2.42. The van der Waals surface area contributed by atoms with Crippen molar-refractivity contribution < 1.29 is 13.5 Å². The first-order valence-corrected chi connectivity index (χ1v) is 11.8. The van der Waals surface area contributed by atoms with Gasteiger partial charge in [0.1, 0.15) is 0 Å². The summed E-state index contributed by atoms with van der Waals surface area (Å²) >= 11 is 0. The molecule has 2 aliphatic heterocycles. The van der Waals surface area contributed by atoms with Gasteiger partial charge in [0, 0.05) is 43.1 Å². The molecule has 0 amide bonds. The largest absolute Gasteiger partial charge is 0.391 e. The lowest BCUT2D eigenvalue weighted by Crippen LogP contribution is -2.41. The predicted molar refractivity (Wildman–Crippen MR) is 117 cm³/mol. The highest BCUT2D eigenvalue weighted by Crippen LogP contribution is 2.37. The van der Waals surface area contributed by atoms with Gasteiger partial charge in [-0.3, -0.25) is 4.98 Å². The molecule has 5 rings (SSSR count). The van der Waals surface area contributed by atoms with Crippen molar-refractivity contribution in [2.45, 2.75) is 37.7 Å². The summed E-state index contributed by atoms with van der Waals surface area (Å²) in [6, 6.07) is 9.37. The number of pyridine rings is 1. The molecule has 0 aliphatic carbocycles. The van der Waals surface area contributed by atoms with Crippen LogP contribution < -0.4 is 4.90 Å². The molecule has 0 bridgehead atoms. The summed E-state index contributed by atoms with van der Waals surface area (Å²) < 4.78 is 27.5. The normalized spacial score (nSPS) is 20.1. The van der Waals surface area contributed by atoms with Gasteiger partial charge in [0.15, 0.2) is 0 Å². The molecule has 3 aromatic rings. The smallest absolute Gasteiger partial charge is 0.243 e. The summed E-state index contributed by atoms with van der Waals surface area (Å²) in [4.78, 5) is 10.5. The van der Waals surface area contributed by atoms with E-state index in [0.29, 0.717) is 31.0 Å². The van der Waals surface area contributed by atoms with Gasteiger partial charge in [-0.25, -0.2) is 8.42 Å². The van der Waals surface area contributed by atoms with Crippen molar-refractivity contribution in [3.8, 4) is 11.3 Å². The van der Waals surface area contributed by atoms with Gasteiger partial charge in [0.25, 0.3) is 0 Å². The monoisotopic (exact) mass is 426 g/mol. The van der Waals surface area contributed by atoms with E-state index in [9.17, 15) is 13.5 Å². The maximum atomic E-state index is 13.0. The SMILES string of the molecule is Cc1cc2[nH]c(-c3cc(S(=O)(=O)N4CCC4)ccc3N3CC[C@H](O)C3)cc2nc1C. The minimum Gasteiger partial charge on any atom is -0.391 e. The summed E-state index contributed by atoms with van der Waals surface area (Å²) in [5, 5.41) is 10.0. The van der Waals surface area contributed by atoms with Crippen molar-refractivity contribution in [3.63, 3.8) is 0 Å². The number of H-pyrrole nitrogens is 1. The van der Waals surface area contributed by atoms with Gasteiger partial charge < -0.3 is 15.0 Å². The van der Waals surface area contributed by atoms with Crippen molar-refractivity contribution in [1.29, 1.82) is 0 Å². The van der Waals surface area contributed by atoms with Crippen LogP contribution in [-0.4, -0.2) is 60.1 Å². The lowest BCUT2D eigenvalue weighted by molar-refractivity contribution is 0.198. The van der Waals surface area contributed by atoms with Gasteiger partial charge >= 0.3 is 0 Å². The van der Waals surface area contributed by atoms with E-state index in [0.717, 1.165) is 52.2 Å². The predicted octanol–water partition coefficient (Wildman–Crippen LogP) is 2.81. The molecule has 1 aromatic carbocycles. The number of aryl methyl sites for hydroxylation is 2. The van der Waals surface area contributed by atoms with Crippen LogP contribution in [0.3, 0.4) is 0 Å². The maximum absolute atomic E-state index is 13.0. The number of anilines is 1. The van der Waals surface area contributed by atoms with E-state index < -0.39 is 10.0 Å². The van der Waals surface area contributed by atoms with Crippen LogP contribution in [0, 0.1) is 13.8 Å². The zero-order valence-electron chi connectivity index (χ0n) is 17.2. The molecule has 8 heteroatoms. The van der Waals surface area contributed by atoms with Crippen molar-refractivity contribution in [3.05, 3.63) is 41.6 Å². The number of hydrogen-bond acceptors (Lipinski definition) is 5. The highest BCUT2D eigenvalue weighted by Gasteiger charge is 2.31. The van der Waals surface area contributed by atoms with Crippen LogP contribution in [0.15, 0.2) is 35.2 Å². The molecule has 1 atom stereocenters. The van der Waals surface area contributed by atoms with E-state index in [1.165, 1.54) is 4.31 Å². The molecule has 0 spiro atoms. The van der Waals surface area contributed by atoms with Gasteiger partial charge in [-0.1, -0.05) is 0 Å². The molecular weight excluding hydrogens is 400 g/mol. The van der Waals surface area contributed by atoms with Crippen LogP contribution in [-0.2, 0) is 10.0 Å². The number of aromatic amines is 1. The number of aliphatic hydroxyl groups is 1. The van der Waals surface area contributed by atoms with Crippen molar-refractivity contribution in [2.75, 3.05) is 31.1 Å².